The molecular formula is C12H17N3O3. The Bertz CT molecular complexity index is 428. The summed E-state index contributed by atoms with van der Waals surface area (Å²) >= 11 is 0. The molecule has 6 heteroatoms. The maximum atomic E-state index is 11.7. The van der Waals surface area contributed by atoms with Crippen LogP contribution in [0, 0.1) is 0 Å². The zero-order valence-electron chi connectivity index (χ0n) is 10.9. The summed E-state index contributed by atoms with van der Waals surface area (Å²) in [5, 5.41) is 2.51. The van der Waals surface area contributed by atoms with E-state index >= 15 is 0 Å². The van der Waals surface area contributed by atoms with Crippen LogP contribution < -0.4 is 5.32 Å². The van der Waals surface area contributed by atoms with E-state index in [1.807, 2.05) is 0 Å². The first-order chi connectivity index (χ1) is 8.27. The van der Waals surface area contributed by atoms with Crippen molar-refractivity contribution in [2.24, 2.45) is 0 Å². The molecule has 0 aliphatic rings. The Labute approximate surface area is 106 Å². The van der Waals surface area contributed by atoms with Gasteiger partial charge in [0.1, 0.15) is 23.8 Å². The molecule has 0 fully saturated rings. The Morgan fingerprint density at radius 2 is 1.83 bits per heavy atom. The molecule has 1 heterocycles. The number of rotatable bonds is 3. The Hall–Kier alpha value is -1.98. The molecule has 0 aliphatic carbocycles. The van der Waals surface area contributed by atoms with Crippen LogP contribution >= 0.6 is 0 Å². The van der Waals surface area contributed by atoms with Crippen LogP contribution in [0.4, 0.5) is 4.79 Å². The van der Waals surface area contributed by atoms with Gasteiger partial charge in [-0.05, 0) is 27.7 Å². The molecular weight excluding hydrogens is 234 g/mol. The highest BCUT2D eigenvalue weighted by atomic mass is 16.6. The van der Waals surface area contributed by atoms with Crippen molar-refractivity contribution >= 4 is 12.4 Å². The minimum Gasteiger partial charge on any atom is -0.444 e. The predicted molar refractivity (Wildman–Crippen MR) is 64.8 cm³/mol. The van der Waals surface area contributed by atoms with Gasteiger partial charge in [-0.1, -0.05) is 0 Å². The molecule has 0 bridgehead atoms. The van der Waals surface area contributed by atoms with E-state index in [4.69, 9.17) is 4.74 Å². The van der Waals surface area contributed by atoms with Crippen LogP contribution in [0.5, 0.6) is 0 Å². The fourth-order valence-electron chi connectivity index (χ4n) is 1.25. The Morgan fingerprint density at radius 1 is 1.28 bits per heavy atom. The van der Waals surface area contributed by atoms with Gasteiger partial charge in [-0.25, -0.2) is 14.8 Å². The van der Waals surface area contributed by atoms with Crippen LogP contribution in [0.25, 0.3) is 0 Å². The Morgan fingerprint density at radius 3 is 2.28 bits per heavy atom. The van der Waals surface area contributed by atoms with E-state index < -0.39 is 17.2 Å². The third-order valence-corrected chi connectivity index (χ3v) is 2.16. The summed E-state index contributed by atoms with van der Waals surface area (Å²) in [6, 6.07) is 0. The molecule has 18 heavy (non-hydrogen) atoms. The number of alkyl carbamates (subject to hydrolysis) is 1. The van der Waals surface area contributed by atoms with E-state index in [0.717, 1.165) is 0 Å². The summed E-state index contributed by atoms with van der Waals surface area (Å²) in [6.07, 6.45) is 4.25. The van der Waals surface area contributed by atoms with Crippen LogP contribution in [0.2, 0.25) is 0 Å². The van der Waals surface area contributed by atoms with E-state index in [1.165, 1.54) is 18.7 Å². The maximum Gasteiger partial charge on any atom is 0.408 e. The monoisotopic (exact) mass is 251 g/mol. The van der Waals surface area contributed by atoms with Gasteiger partial charge >= 0.3 is 6.09 Å². The van der Waals surface area contributed by atoms with Crippen LogP contribution in [-0.2, 0) is 15.1 Å². The standard InChI is InChI=1S/C12H17N3O3/c1-11(2,3)18-10(17)15-12(4,7-16)9-5-13-8-14-6-9/h5-8H,1-4H3,(H,15,17). The summed E-state index contributed by atoms with van der Waals surface area (Å²) in [5.41, 5.74) is -1.34. The van der Waals surface area contributed by atoms with Crippen LogP contribution in [-0.4, -0.2) is 27.9 Å². The molecule has 6 nitrogen and oxygen atoms in total. The van der Waals surface area contributed by atoms with Crippen molar-refractivity contribution in [1.29, 1.82) is 0 Å². The number of carbonyl (C=O) groups excluding carboxylic acids is 2. The van der Waals surface area contributed by atoms with Gasteiger partial charge < -0.3 is 14.8 Å². The summed E-state index contributed by atoms with van der Waals surface area (Å²) in [4.78, 5) is 30.5. The average molecular weight is 251 g/mol. The van der Waals surface area contributed by atoms with E-state index in [1.54, 1.807) is 27.7 Å². The minimum atomic E-state index is -1.20. The first kappa shape index (κ1) is 14.1. The molecule has 1 rings (SSSR count). The molecule has 0 saturated heterocycles. The number of aldehydes is 1. The van der Waals surface area contributed by atoms with Gasteiger partial charge in [-0.15, -0.1) is 0 Å². The third-order valence-electron chi connectivity index (χ3n) is 2.16. The SMILES string of the molecule is CC(C)(C)OC(=O)NC(C)(C=O)c1cncnc1. The number of nitrogens with zero attached hydrogens (tertiary/aromatic N) is 2. The first-order valence-electron chi connectivity index (χ1n) is 5.50. The average Bonchev–Trinajstić information content (AvgIpc) is 2.27. The van der Waals surface area contributed by atoms with Gasteiger partial charge in [-0.3, -0.25) is 0 Å². The number of hydrogen-bond donors (Lipinski definition) is 1. The second kappa shape index (κ2) is 5.12. The van der Waals surface area contributed by atoms with Gasteiger partial charge in [0.2, 0.25) is 0 Å². The van der Waals surface area contributed by atoms with Crippen molar-refractivity contribution in [3.05, 3.63) is 24.3 Å². The molecule has 1 amide bonds. The molecule has 0 spiro atoms. The number of ether oxygens (including phenoxy) is 1. The maximum absolute atomic E-state index is 11.7. The summed E-state index contributed by atoms with van der Waals surface area (Å²) in [6.45, 7) is 6.80. The highest BCUT2D eigenvalue weighted by Gasteiger charge is 2.31. The summed E-state index contributed by atoms with van der Waals surface area (Å²) in [5.74, 6) is 0. The lowest BCUT2D eigenvalue weighted by molar-refractivity contribution is -0.113. The second-order valence-electron chi connectivity index (χ2n) is 5.07. The zero-order chi connectivity index (χ0) is 13.8. The largest absolute Gasteiger partial charge is 0.444 e. The molecule has 0 aliphatic heterocycles. The Balaban J connectivity index is 2.85. The normalized spacial score (nSPS) is 14.4. The van der Waals surface area contributed by atoms with E-state index in [2.05, 4.69) is 15.3 Å². The van der Waals surface area contributed by atoms with Gasteiger partial charge in [0.15, 0.2) is 0 Å². The first-order valence-corrected chi connectivity index (χ1v) is 5.50. The van der Waals surface area contributed by atoms with Gasteiger partial charge in [0.25, 0.3) is 0 Å². The molecule has 0 aromatic carbocycles. The van der Waals surface area contributed by atoms with Crippen molar-refractivity contribution in [2.45, 2.75) is 38.8 Å². The van der Waals surface area contributed by atoms with Gasteiger partial charge in [0.05, 0.1) is 0 Å². The van der Waals surface area contributed by atoms with Gasteiger partial charge in [0, 0.05) is 18.0 Å². The molecule has 1 aromatic heterocycles. The van der Waals surface area contributed by atoms with Crippen molar-refractivity contribution in [1.82, 2.24) is 15.3 Å². The van der Waals surface area contributed by atoms with Crippen LogP contribution in [0.15, 0.2) is 18.7 Å². The molecule has 0 saturated carbocycles. The highest BCUT2D eigenvalue weighted by Crippen LogP contribution is 2.17. The molecule has 1 aromatic rings. The second-order valence-corrected chi connectivity index (χ2v) is 5.07. The lowest BCUT2D eigenvalue weighted by atomic mass is 9.97. The molecule has 1 atom stereocenters. The lowest BCUT2D eigenvalue weighted by Crippen LogP contribution is -2.47. The highest BCUT2D eigenvalue weighted by molar-refractivity contribution is 5.77. The predicted octanol–water partition coefficient (Wildman–Crippen LogP) is 1.42. The molecule has 98 valence electrons. The van der Waals surface area contributed by atoms with Gasteiger partial charge in [-0.2, -0.15) is 0 Å². The summed E-state index contributed by atoms with van der Waals surface area (Å²) < 4.78 is 5.11. The van der Waals surface area contributed by atoms with E-state index in [9.17, 15) is 9.59 Å². The fraction of sp³-hybridized carbons (Fsp3) is 0.500. The van der Waals surface area contributed by atoms with Crippen LogP contribution in [0.1, 0.15) is 33.3 Å². The zero-order valence-corrected chi connectivity index (χ0v) is 10.9. The lowest BCUT2D eigenvalue weighted by Gasteiger charge is -2.27. The van der Waals surface area contributed by atoms with Crippen molar-refractivity contribution in [3.63, 3.8) is 0 Å². The molecule has 0 radical (unpaired) electrons. The van der Waals surface area contributed by atoms with Crippen molar-refractivity contribution in [2.75, 3.05) is 0 Å². The van der Waals surface area contributed by atoms with E-state index in [0.29, 0.717) is 11.8 Å². The topological polar surface area (TPSA) is 81.2 Å². The fourth-order valence-corrected chi connectivity index (χ4v) is 1.25. The number of aromatic nitrogens is 2. The quantitative estimate of drug-likeness (QED) is 0.821. The van der Waals surface area contributed by atoms with Crippen molar-refractivity contribution < 1.29 is 14.3 Å². The van der Waals surface area contributed by atoms with Crippen LogP contribution in [0.3, 0.4) is 0 Å². The number of carbonyl (C=O) groups is 2. The molecule has 1 N–H and O–H groups in total. The third kappa shape index (κ3) is 3.80. The van der Waals surface area contributed by atoms with Crippen molar-refractivity contribution in [3.8, 4) is 0 Å². The number of nitrogens with one attached hydrogen (secondary N) is 1. The summed E-state index contributed by atoms with van der Waals surface area (Å²) in [7, 11) is 0. The Kier molecular flexibility index (Phi) is 4.00. The minimum absolute atomic E-state index is 0.492. The number of amides is 1. The molecule has 1 unspecified atom stereocenters. The number of hydrogen-bond acceptors (Lipinski definition) is 5. The van der Waals surface area contributed by atoms with E-state index in [-0.39, 0.29) is 0 Å². The smallest absolute Gasteiger partial charge is 0.408 e.